The summed E-state index contributed by atoms with van der Waals surface area (Å²) in [6.45, 7) is 13.7. The Hall–Kier alpha value is -0.120. The number of rotatable bonds is 7. The summed E-state index contributed by atoms with van der Waals surface area (Å²) in [6, 6.07) is 0.687. The van der Waals surface area contributed by atoms with E-state index in [2.05, 4.69) is 37.9 Å². The van der Waals surface area contributed by atoms with E-state index in [4.69, 9.17) is 4.74 Å². The van der Waals surface area contributed by atoms with Crippen molar-refractivity contribution < 1.29 is 4.74 Å². The van der Waals surface area contributed by atoms with Crippen LogP contribution in [0.15, 0.2) is 0 Å². The lowest BCUT2D eigenvalue weighted by Gasteiger charge is -2.47. The minimum Gasteiger partial charge on any atom is -0.385 e. The highest BCUT2D eigenvalue weighted by molar-refractivity contribution is 4.95. The van der Waals surface area contributed by atoms with E-state index in [0.717, 1.165) is 19.1 Å². The minimum absolute atomic E-state index is 0.298. The second kappa shape index (κ2) is 7.46. The molecule has 1 rings (SSSR count). The monoisotopic (exact) mass is 256 g/mol. The van der Waals surface area contributed by atoms with Crippen LogP contribution in [0.2, 0.25) is 0 Å². The van der Waals surface area contributed by atoms with Crippen molar-refractivity contribution in [3.8, 4) is 0 Å². The maximum atomic E-state index is 5.14. The van der Waals surface area contributed by atoms with Crippen LogP contribution in [0, 0.1) is 5.92 Å². The number of piperazine rings is 1. The number of unbranched alkanes of at least 4 members (excludes halogenated alkanes) is 1. The lowest BCUT2D eigenvalue weighted by Crippen LogP contribution is -2.64. The van der Waals surface area contributed by atoms with Gasteiger partial charge in [0.2, 0.25) is 0 Å². The molecular formula is C15H32N2O. The van der Waals surface area contributed by atoms with Crippen molar-refractivity contribution in [2.75, 3.05) is 33.4 Å². The summed E-state index contributed by atoms with van der Waals surface area (Å²) in [5.41, 5.74) is 0.298. The average Bonchev–Trinajstić information content (AvgIpc) is 2.34. The van der Waals surface area contributed by atoms with Crippen LogP contribution in [0.5, 0.6) is 0 Å². The van der Waals surface area contributed by atoms with Crippen molar-refractivity contribution in [3.63, 3.8) is 0 Å². The second-order valence-corrected chi connectivity index (χ2v) is 6.28. The topological polar surface area (TPSA) is 24.5 Å². The summed E-state index contributed by atoms with van der Waals surface area (Å²) in [6.07, 6.45) is 3.62. The Morgan fingerprint density at radius 1 is 1.39 bits per heavy atom. The van der Waals surface area contributed by atoms with Gasteiger partial charge in [-0.05, 0) is 38.6 Å². The van der Waals surface area contributed by atoms with Gasteiger partial charge in [0.05, 0.1) is 0 Å². The molecule has 0 aromatic heterocycles. The third-order valence-corrected chi connectivity index (χ3v) is 4.35. The van der Waals surface area contributed by atoms with Crippen molar-refractivity contribution in [2.24, 2.45) is 5.92 Å². The molecule has 1 aliphatic heterocycles. The van der Waals surface area contributed by atoms with E-state index in [0.29, 0.717) is 11.6 Å². The molecule has 0 saturated carbocycles. The zero-order valence-corrected chi connectivity index (χ0v) is 13.0. The molecule has 0 radical (unpaired) electrons. The van der Waals surface area contributed by atoms with E-state index >= 15 is 0 Å². The normalized spacial score (nSPS) is 30.0. The predicted octanol–water partition coefficient (Wildman–Crippen LogP) is 2.51. The van der Waals surface area contributed by atoms with Gasteiger partial charge in [-0.15, -0.1) is 0 Å². The van der Waals surface area contributed by atoms with E-state index in [-0.39, 0.29) is 0 Å². The SMILES string of the molecule is CCC1(C)CN(CCCCOC)C(C(C)C)CN1. The van der Waals surface area contributed by atoms with Gasteiger partial charge >= 0.3 is 0 Å². The Morgan fingerprint density at radius 2 is 2.11 bits per heavy atom. The van der Waals surface area contributed by atoms with Crippen LogP contribution in [0.1, 0.15) is 47.0 Å². The highest BCUT2D eigenvalue weighted by Crippen LogP contribution is 2.23. The maximum absolute atomic E-state index is 5.14. The summed E-state index contributed by atoms with van der Waals surface area (Å²) >= 11 is 0. The zero-order chi connectivity index (χ0) is 13.6. The Labute approximate surface area is 113 Å². The van der Waals surface area contributed by atoms with Crippen molar-refractivity contribution >= 4 is 0 Å². The lowest BCUT2D eigenvalue weighted by atomic mass is 9.90. The number of hydrogen-bond acceptors (Lipinski definition) is 3. The molecule has 0 amide bonds. The van der Waals surface area contributed by atoms with Crippen molar-refractivity contribution in [1.29, 1.82) is 0 Å². The number of nitrogens with one attached hydrogen (secondary N) is 1. The number of ether oxygens (including phenoxy) is 1. The number of hydrogen-bond donors (Lipinski definition) is 1. The van der Waals surface area contributed by atoms with Gasteiger partial charge in [0.25, 0.3) is 0 Å². The van der Waals surface area contributed by atoms with E-state index in [1.165, 1.54) is 32.4 Å². The fourth-order valence-corrected chi connectivity index (χ4v) is 2.80. The Morgan fingerprint density at radius 3 is 2.67 bits per heavy atom. The largest absolute Gasteiger partial charge is 0.385 e. The molecule has 3 heteroatoms. The molecule has 1 saturated heterocycles. The van der Waals surface area contributed by atoms with Crippen molar-refractivity contribution in [3.05, 3.63) is 0 Å². The predicted molar refractivity (Wildman–Crippen MR) is 78.0 cm³/mol. The van der Waals surface area contributed by atoms with Crippen LogP contribution in [-0.4, -0.2) is 49.8 Å². The maximum Gasteiger partial charge on any atom is 0.0462 e. The van der Waals surface area contributed by atoms with E-state index in [9.17, 15) is 0 Å². The fraction of sp³-hybridized carbons (Fsp3) is 1.00. The third kappa shape index (κ3) is 4.52. The molecule has 0 aromatic rings. The highest BCUT2D eigenvalue weighted by atomic mass is 16.5. The molecule has 3 nitrogen and oxygen atoms in total. The van der Waals surface area contributed by atoms with Gasteiger partial charge in [0.15, 0.2) is 0 Å². The van der Waals surface area contributed by atoms with Gasteiger partial charge in [-0.3, -0.25) is 4.90 Å². The van der Waals surface area contributed by atoms with E-state index < -0.39 is 0 Å². The summed E-state index contributed by atoms with van der Waals surface area (Å²) < 4.78 is 5.14. The van der Waals surface area contributed by atoms with E-state index in [1.807, 2.05) is 0 Å². The first-order chi connectivity index (χ1) is 8.52. The molecule has 2 unspecified atom stereocenters. The minimum atomic E-state index is 0.298. The summed E-state index contributed by atoms with van der Waals surface area (Å²) in [7, 11) is 1.79. The number of methoxy groups -OCH3 is 1. The Kier molecular flexibility index (Phi) is 6.61. The van der Waals surface area contributed by atoms with Crippen LogP contribution < -0.4 is 5.32 Å². The van der Waals surface area contributed by atoms with Gasteiger partial charge in [0, 0.05) is 38.4 Å². The number of nitrogens with zero attached hydrogens (tertiary/aromatic N) is 1. The van der Waals surface area contributed by atoms with Gasteiger partial charge < -0.3 is 10.1 Å². The summed E-state index contributed by atoms with van der Waals surface area (Å²) in [4.78, 5) is 2.69. The molecule has 1 fully saturated rings. The first-order valence-electron chi connectivity index (χ1n) is 7.50. The molecule has 108 valence electrons. The molecule has 2 atom stereocenters. The molecule has 18 heavy (non-hydrogen) atoms. The molecular weight excluding hydrogens is 224 g/mol. The quantitative estimate of drug-likeness (QED) is 0.708. The van der Waals surface area contributed by atoms with Gasteiger partial charge in [0.1, 0.15) is 0 Å². The van der Waals surface area contributed by atoms with Gasteiger partial charge in [-0.2, -0.15) is 0 Å². The van der Waals surface area contributed by atoms with Crippen molar-refractivity contribution in [1.82, 2.24) is 10.2 Å². The molecule has 0 bridgehead atoms. The molecule has 1 heterocycles. The standard InChI is InChI=1S/C15H32N2O/c1-6-15(4)12-17(9-7-8-10-18-5)14(11-16-15)13(2)3/h13-14,16H,6-12H2,1-5H3. The first-order valence-corrected chi connectivity index (χ1v) is 7.50. The Balaban J connectivity index is 2.50. The summed E-state index contributed by atoms with van der Waals surface area (Å²) in [5.74, 6) is 0.723. The molecule has 0 spiro atoms. The fourth-order valence-electron chi connectivity index (χ4n) is 2.80. The third-order valence-electron chi connectivity index (χ3n) is 4.35. The molecule has 0 aliphatic carbocycles. The second-order valence-electron chi connectivity index (χ2n) is 6.28. The molecule has 1 N–H and O–H groups in total. The van der Waals surface area contributed by atoms with Crippen LogP contribution in [0.3, 0.4) is 0 Å². The lowest BCUT2D eigenvalue weighted by molar-refractivity contribution is 0.0570. The van der Waals surface area contributed by atoms with Crippen LogP contribution in [-0.2, 0) is 4.74 Å². The van der Waals surface area contributed by atoms with Crippen LogP contribution in [0.25, 0.3) is 0 Å². The zero-order valence-electron chi connectivity index (χ0n) is 13.0. The average molecular weight is 256 g/mol. The highest BCUT2D eigenvalue weighted by Gasteiger charge is 2.35. The van der Waals surface area contributed by atoms with E-state index in [1.54, 1.807) is 7.11 Å². The van der Waals surface area contributed by atoms with Gasteiger partial charge in [-0.25, -0.2) is 0 Å². The molecule has 1 aliphatic rings. The van der Waals surface area contributed by atoms with Crippen molar-refractivity contribution in [2.45, 2.75) is 58.5 Å². The van der Waals surface area contributed by atoms with Crippen LogP contribution in [0.4, 0.5) is 0 Å². The molecule has 0 aromatic carbocycles. The smallest absolute Gasteiger partial charge is 0.0462 e. The van der Waals surface area contributed by atoms with Gasteiger partial charge in [-0.1, -0.05) is 20.8 Å². The summed E-state index contributed by atoms with van der Waals surface area (Å²) in [5, 5.41) is 3.74. The Bertz CT molecular complexity index is 233. The van der Waals surface area contributed by atoms with Crippen LogP contribution >= 0.6 is 0 Å². The first kappa shape index (κ1) is 15.9.